The van der Waals surface area contributed by atoms with Crippen molar-refractivity contribution in [1.82, 2.24) is 0 Å². The van der Waals surface area contributed by atoms with Crippen LogP contribution in [0.4, 0.5) is 10.1 Å². The number of anilines is 1. The predicted octanol–water partition coefficient (Wildman–Crippen LogP) is 1.98. The van der Waals surface area contributed by atoms with E-state index in [2.05, 4.69) is 0 Å². The number of halogens is 1. The van der Waals surface area contributed by atoms with Crippen LogP contribution in [0, 0.1) is 5.82 Å². The van der Waals surface area contributed by atoms with Gasteiger partial charge in [0.15, 0.2) is 11.6 Å². The van der Waals surface area contributed by atoms with Gasteiger partial charge in [-0.2, -0.15) is 0 Å². The molecule has 1 aliphatic heterocycles. The highest BCUT2D eigenvalue weighted by molar-refractivity contribution is 6.52. The third-order valence-corrected chi connectivity index (χ3v) is 3.61. The van der Waals surface area contributed by atoms with Crippen LogP contribution in [-0.4, -0.2) is 37.4 Å². The van der Waals surface area contributed by atoms with Crippen LogP contribution >= 0.6 is 0 Å². The highest BCUT2D eigenvalue weighted by Crippen LogP contribution is 2.28. The van der Waals surface area contributed by atoms with E-state index in [1.807, 2.05) is 0 Å². The minimum atomic E-state index is -0.763. The van der Waals surface area contributed by atoms with Crippen LogP contribution in [0.15, 0.2) is 48.5 Å². The van der Waals surface area contributed by atoms with Crippen LogP contribution < -0.4 is 9.64 Å². The molecule has 0 fully saturated rings. The zero-order valence-electron chi connectivity index (χ0n) is 13.1. The molecule has 0 atom stereocenters. The van der Waals surface area contributed by atoms with Crippen LogP contribution in [0.3, 0.4) is 0 Å². The molecular weight excluding hydrogens is 329 g/mol. The first-order chi connectivity index (χ1) is 12.1. The molecule has 1 amide bonds. The van der Waals surface area contributed by atoms with Gasteiger partial charge in [0.05, 0.1) is 11.3 Å². The molecule has 7 heteroatoms. The fourth-order valence-electron chi connectivity index (χ4n) is 2.45. The molecule has 3 rings (SSSR count). The number of fused-ring (bicyclic) bond motifs is 1. The van der Waals surface area contributed by atoms with Crippen molar-refractivity contribution in [1.29, 1.82) is 0 Å². The van der Waals surface area contributed by atoms with Gasteiger partial charge in [-0.15, -0.1) is 0 Å². The van der Waals surface area contributed by atoms with Gasteiger partial charge in [-0.1, -0.05) is 24.3 Å². The van der Waals surface area contributed by atoms with Gasteiger partial charge in [-0.3, -0.25) is 19.3 Å². The summed E-state index contributed by atoms with van der Waals surface area (Å²) in [6, 6.07) is 12.3. The van der Waals surface area contributed by atoms with E-state index in [0.29, 0.717) is 5.69 Å². The molecule has 0 aliphatic carbocycles. The second-order valence-electron chi connectivity index (χ2n) is 5.24. The van der Waals surface area contributed by atoms with E-state index in [1.165, 1.54) is 24.3 Å². The number of hydrogen-bond donors (Lipinski definition) is 0. The van der Waals surface area contributed by atoms with Crippen LogP contribution in [0.25, 0.3) is 0 Å². The quantitative estimate of drug-likeness (QED) is 0.456. The maximum Gasteiger partial charge on any atom is 0.326 e. The Bertz CT molecular complexity index is 836. The predicted molar refractivity (Wildman–Crippen MR) is 86.0 cm³/mol. The van der Waals surface area contributed by atoms with E-state index in [0.717, 1.165) is 4.90 Å². The maximum atomic E-state index is 13.4. The van der Waals surface area contributed by atoms with Gasteiger partial charge in [-0.05, 0) is 24.3 Å². The highest BCUT2D eigenvalue weighted by atomic mass is 19.1. The first kappa shape index (κ1) is 16.6. The average molecular weight is 343 g/mol. The molecule has 1 aliphatic rings. The lowest BCUT2D eigenvalue weighted by Gasteiger charge is -2.15. The molecule has 0 saturated carbocycles. The van der Waals surface area contributed by atoms with Crippen LogP contribution in [0.5, 0.6) is 5.75 Å². The summed E-state index contributed by atoms with van der Waals surface area (Å²) < 4.78 is 23.5. The van der Waals surface area contributed by atoms with Crippen molar-refractivity contribution < 1.29 is 28.2 Å². The standard InChI is InChI=1S/C18H14FNO5/c19-13-6-2-4-8-15(13)24-9-10-25-16(21)11-20-14-7-3-1-5-12(14)17(22)18(20)23/h1-8H,9-11H2. The van der Waals surface area contributed by atoms with Crippen LogP contribution in [0.2, 0.25) is 0 Å². The molecule has 0 N–H and O–H groups in total. The Morgan fingerprint density at radius 2 is 1.72 bits per heavy atom. The van der Waals surface area contributed by atoms with Crippen molar-refractivity contribution in [2.45, 2.75) is 0 Å². The van der Waals surface area contributed by atoms with Crippen molar-refractivity contribution in [2.75, 3.05) is 24.7 Å². The number of carbonyl (C=O) groups excluding carboxylic acids is 3. The Labute approximate surface area is 142 Å². The van der Waals surface area contributed by atoms with Gasteiger partial charge in [0.1, 0.15) is 19.8 Å². The molecule has 2 aromatic rings. The normalized spacial score (nSPS) is 12.9. The van der Waals surface area contributed by atoms with Crippen molar-refractivity contribution >= 4 is 23.3 Å². The molecule has 25 heavy (non-hydrogen) atoms. The van der Waals surface area contributed by atoms with E-state index < -0.39 is 23.5 Å². The Balaban J connectivity index is 1.51. The SMILES string of the molecule is O=C(CN1C(=O)C(=O)c2ccccc21)OCCOc1ccccc1F. The lowest BCUT2D eigenvalue weighted by Crippen LogP contribution is -2.35. The molecule has 0 unspecified atom stereocenters. The summed E-state index contributed by atoms with van der Waals surface area (Å²) in [6.45, 7) is -0.512. The van der Waals surface area contributed by atoms with Gasteiger partial charge in [0, 0.05) is 0 Å². The number of para-hydroxylation sites is 2. The zero-order chi connectivity index (χ0) is 17.8. The molecule has 128 valence electrons. The minimum absolute atomic E-state index is 0.0316. The third kappa shape index (κ3) is 3.50. The van der Waals surface area contributed by atoms with E-state index in [4.69, 9.17) is 9.47 Å². The van der Waals surface area contributed by atoms with Crippen molar-refractivity contribution in [3.05, 3.63) is 59.9 Å². The second-order valence-corrected chi connectivity index (χ2v) is 5.24. The summed E-state index contributed by atoms with van der Waals surface area (Å²) in [7, 11) is 0. The molecule has 1 heterocycles. The zero-order valence-corrected chi connectivity index (χ0v) is 13.1. The van der Waals surface area contributed by atoms with Gasteiger partial charge in [0.2, 0.25) is 0 Å². The maximum absolute atomic E-state index is 13.4. The molecule has 0 saturated heterocycles. The fraction of sp³-hybridized carbons (Fsp3) is 0.167. The van der Waals surface area contributed by atoms with Gasteiger partial charge < -0.3 is 9.47 Å². The van der Waals surface area contributed by atoms with Gasteiger partial charge >= 0.3 is 5.97 Å². The number of hydrogen-bond acceptors (Lipinski definition) is 5. The number of carbonyl (C=O) groups is 3. The van der Waals surface area contributed by atoms with Crippen LogP contribution in [0.1, 0.15) is 10.4 Å². The average Bonchev–Trinajstić information content (AvgIpc) is 2.85. The first-order valence-electron chi connectivity index (χ1n) is 7.56. The number of rotatable bonds is 6. The third-order valence-electron chi connectivity index (χ3n) is 3.61. The van der Waals surface area contributed by atoms with E-state index >= 15 is 0 Å². The summed E-state index contributed by atoms with van der Waals surface area (Å²) in [6.07, 6.45) is 0. The number of esters is 1. The summed E-state index contributed by atoms with van der Waals surface area (Å²) in [4.78, 5) is 36.8. The van der Waals surface area contributed by atoms with E-state index in [-0.39, 0.29) is 31.1 Å². The summed E-state index contributed by atoms with van der Waals surface area (Å²) in [5, 5.41) is 0. The number of ether oxygens (including phenoxy) is 2. The molecular formula is C18H14FNO5. The number of amides is 1. The van der Waals surface area contributed by atoms with Crippen LogP contribution in [-0.2, 0) is 14.3 Å². The molecule has 2 aromatic carbocycles. The second kappa shape index (κ2) is 7.12. The number of Topliss-reactive ketones (excluding diaryl/α,β-unsaturated/α-hetero) is 1. The Hall–Kier alpha value is -3.22. The Morgan fingerprint density at radius 1 is 1.00 bits per heavy atom. The monoisotopic (exact) mass is 343 g/mol. The Kier molecular flexibility index (Phi) is 4.74. The van der Waals surface area contributed by atoms with Gasteiger partial charge in [0.25, 0.3) is 11.7 Å². The number of ketones is 1. The first-order valence-corrected chi connectivity index (χ1v) is 7.56. The summed E-state index contributed by atoms with van der Waals surface area (Å²) in [5.41, 5.74) is 0.653. The lowest BCUT2D eigenvalue weighted by molar-refractivity contribution is -0.143. The molecule has 0 spiro atoms. The molecule has 0 aromatic heterocycles. The smallest absolute Gasteiger partial charge is 0.326 e. The van der Waals surface area contributed by atoms with Crippen molar-refractivity contribution in [3.63, 3.8) is 0 Å². The summed E-state index contributed by atoms with van der Waals surface area (Å²) >= 11 is 0. The lowest BCUT2D eigenvalue weighted by atomic mass is 10.1. The van der Waals surface area contributed by atoms with Gasteiger partial charge in [-0.25, -0.2) is 4.39 Å². The number of nitrogens with zero attached hydrogens (tertiary/aromatic N) is 1. The molecule has 0 bridgehead atoms. The van der Waals surface area contributed by atoms with E-state index in [1.54, 1.807) is 24.3 Å². The largest absolute Gasteiger partial charge is 0.487 e. The molecule has 6 nitrogen and oxygen atoms in total. The van der Waals surface area contributed by atoms with Crippen molar-refractivity contribution in [2.24, 2.45) is 0 Å². The van der Waals surface area contributed by atoms with E-state index in [9.17, 15) is 18.8 Å². The summed E-state index contributed by atoms with van der Waals surface area (Å²) in [5.74, 6) is -2.54. The fourth-order valence-corrected chi connectivity index (χ4v) is 2.45. The topological polar surface area (TPSA) is 72.9 Å². The van der Waals surface area contributed by atoms with Crippen molar-refractivity contribution in [3.8, 4) is 5.75 Å². The molecule has 0 radical (unpaired) electrons. The minimum Gasteiger partial charge on any atom is -0.487 e. The number of benzene rings is 2. The Morgan fingerprint density at radius 3 is 2.52 bits per heavy atom. The highest BCUT2D eigenvalue weighted by Gasteiger charge is 2.36.